The van der Waals surface area contributed by atoms with Crippen LogP contribution in [0.2, 0.25) is 0 Å². The molecule has 1 aromatic carbocycles. The Morgan fingerprint density at radius 3 is 1.92 bits per heavy atom. The quantitative estimate of drug-likeness (QED) is 0.748. The average molecular weight is 362 g/mol. The van der Waals surface area contributed by atoms with Gasteiger partial charge in [0.15, 0.2) is 6.61 Å². The molecule has 144 valence electrons. The van der Waals surface area contributed by atoms with Gasteiger partial charge in [0.05, 0.1) is 6.61 Å². The molecule has 0 saturated carbocycles. The molecule has 1 aliphatic rings. The number of rotatable bonds is 7. The molecule has 6 nitrogen and oxygen atoms in total. The van der Waals surface area contributed by atoms with Gasteiger partial charge >= 0.3 is 0 Å². The molecule has 0 N–H and O–H groups in total. The molecule has 1 aliphatic heterocycles. The molecule has 1 heterocycles. The molecule has 0 radical (unpaired) electrons. The Morgan fingerprint density at radius 2 is 1.42 bits per heavy atom. The second kappa shape index (κ2) is 9.46. The van der Waals surface area contributed by atoms with E-state index in [0.29, 0.717) is 25.4 Å². The van der Waals surface area contributed by atoms with Crippen molar-refractivity contribution in [2.75, 3.05) is 26.3 Å². The largest absolute Gasteiger partial charge is 0.494 e. The number of ether oxygens (including phenoxy) is 2. The van der Waals surface area contributed by atoms with Crippen LogP contribution in [0.3, 0.4) is 0 Å². The Bertz CT molecular complexity index is 602. The fraction of sp³-hybridized carbons (Fsp3) is 0.600. The van der Waals surface area contributed by atoms with Crippen LogP contribution >= 0.6 is 0 Å². The SMILES string of the molecule is CCOc1ccc(OCC(=O)N2CC(CC)N(C(C)=O)CC2CC)cc1. The highest BCUT2D eigenvalue weighted by molar-refractivity contribution is 5.79. The summed E-state index contributed by atoms with van der Waals surface area (Å²) in [6.45, 7) is 9.40. The molecule has 2 amide bonds. The Labute approximate surface area is 156 Å². The van der Waals surface area contributed by atoms with Crippen molar-refractivity contribution in [2.45, 2.75) is 52.6 Å². The normalized spacial score (nSPS) is 20.0. The van der Waals surface area contributed by atoms with E-state index in [0.717, 1.165) is 18.6 Å². The molecule has 0 aliphatic carbocycles. The standard InChI is InChI=1S/C20H30N2O4/c1-5-16-13-22(17(6-2)12-21(16)15(4)23)20(24)14-26-19-10-8-18(9-11-19)25-7-3/h8-11,16-17H,5-7,12-14H2,1-4H3. The number of hydrogen-bond donors (Lipinski definition) is 0. The zero-order chi connectivity index (χ0) is 19.1. The zero-order valence-corrected chi connectivity index (χ0v) is 16.2. The topological polar surface area (TPSA) is 59.1 Å². The first-order valence-corrected chi connectivity index (χ1v) is 9.42. The van der Waals surface area contributed by atoms with Gasteiger partial charge in [-0.25, -0.2) is 0 Å². The van der Waals surface area contributed by atoms with Crippen molar-refractivity contribution in [3.63, 3.8) is 0 Å². The second-order valence-corrected chi connectivity index (χ2v) is 6.53. The summed E-state index contributed by atoms with van der Waals surface area (Å²) in [7, 11) is 0. The summed E-state index contributed by atoms with van der Waals surface area (Å²) in [6.07, 6.45) is 1.65. The summed E-state index contributed by atoms with van der Waals surface area (Å²) in [4.78, 5) is 28.4. The Hall–Kier alpha value is -2.24. The average Bonchev–Trinajstić information content (AvgIpc) is 2.66. The van der Waals surface area contributed by atoms with Crippen LogP contribution < -0.4 is 9.47 Å². The smallest absolute Gasteiger partial charge is 0.260 e. The maximum Gasteiger partial charge on any atom is 0.260 e. The fourth-order valence-corrected chi connectivity index (χ4v) is 3.37. The summed E-state index contributed by atoms with van der Waals surface area (Å²) in [5, 5.41) is 0. The van der Waals surface area contributed by atoms with Gasteiger partial charge in [-0.1, -0.05) is 13.8 Å². The van der Waals surface area contributed by atoms with Crippen LogP contribution in [0, 0.1) is 0 Å². The van der Waals surface area contributed by atoms with Crippen molar-refractivity contribution in [3.8, 4) is 11.5 Å². The zero-order valence-electron chi connectivity index (χ0n) is 16.2. The number of carbonyl (C=O) groups excluding carboxylic acids is 2. The number of piperazine rings is 1. The summed E-state index contributed by atoms with van der Waals surface area (Å²) >= 11 is 0. The predicted molar refractivity (Wildman–Crippen MR) is 100 cm³/mol. The molecular formula is C20H30N2O4. The molecule has 2 atom stereocenters. The summed E-state index contributed by atoms with van der Waals surface area (Å²) < 4.78 is 11.1. The molecule has 1 saturated heterocycles. The lowest BCUT2D eigenvalue weighted by atomic mass is 10.0. The van der Waals surface area contributed by atoms with Gasteiger partial charge < -0.3 is 19.3 Å². The fourth-order valence-electron chi connectivity index (χ4n) is 3.37. The monoisotopic (exact) mass is 362 g/mol. The molecule has 1 aromatic rings. The minimum atomic E-state index is -0.0348. The third kappa shape index (κ3) is 4.90. The number of nitrogens with zero attached hydrogens (tertiary/aromatic N) is 2. The van der Waals surface area contributed by atoms with Crippen LogP contribution in [0.1, 0.15) is 40.5 Å². The first-order valence-electron chi connectivity index (χ1n) is 9.42. The van der Waals surface area contributed by atoms with Crippen LogP contribution in [-0.2, 0) is 9.59 Å². The number of hydrogen-bond acceptors (Lipinski definition) is 4. The highest BCUT2D eigenvalue weighted by Crippen LogP contribution is 2.21. The molecule has 6 heteroatoms. The van der Waals surface area contributed by atoms with E-state index < -0.39 is 0 Å². The maximum atomic E-state index is 12.7. The summed E-state index contributed by atoms with van der Waals surface area (Å²) in [5.41, 5.74) is 0. The summed E-state index contributed by atoms with van der Waals surface area (Å²) in [6, 6.07) is 7.38. The van der Waals surface area contributed by atoms with Crippen LogP contribution in [-0.4, -0.2) is 60.0 Å². The summed E-state index contributed by atoms with van der Waals surface area (Å²) in [5.74, 6) is 1.47. The molecule has 1 fully saturated rings. The number of carbonyl (C=O) groups is 2. The lowest BCUT2D eigenvalue weighted by Crippen LogP contribution is -2.61. The van der Waals surface area contributed by atoms with Crippen LogP contribution in [0.15, 0.2) is 24.3 Å². The van der Waals surface area contributed by atoms with Crippen molar-refractivity contribution in [3.05, 3.63) is 24.3 Å². The highest BCUT2D eigenvalue weighted by Gasteiger charge is 2.35. The second-order valence-electron chi connectivity index (χ2n) is 6.53. The van der Waals surface area contributed by atoms with E-state index >= 15 is 0 Å². The lowest BCUT2D eigenvalue weighted by Gasteiger charge is -2.45. The van der Waals surface area contributed by atoms with Crippen molar-refractivity contribution in [2.24, 2.45) is 0 Å². The van der Waals surface area contributed by atoms with Crippen molar-refractivity contribution >= 4 is 11.8 Å². The van der Waals surface area contributed by atoms with E-state index in [4.69, 9.17) is 9.47 Å². The molecule has 0 spiro atoms. The molecule has 0 bridgehead atoms. The van der Waals surface area contributed by atoms with Gasteiger partial charge in [-0.05, 0) is 44.0 Å². The van der Waals surface area contributed by atoms with Crippen molar-refractivity contribution in [1.82, 2.24) is 9.80 Å². The minimum absolute atomic E-state index is 0.000979. The Morgan fingerprint density at radius 1 is 0.923 bits per heavy atom. The van der Waals surface area contributed by atoms with Gasteiger partial charge in [0, 0.05) is 32.1 Å². The van der Waals surface area contributed by atoms with Gasteiger partial charge in [0.1, 0.15) is 11.5 Å². The maximum absolute atomic E-state index is 12.7. The predicted octanol–water partition coefficient (Wildman–Crippen LogP) is 2.71. The van der Waals surface area contributed by atoms with Crippen molar-refractivity contribution < 1.29 is 19.1 Å². The van der Waals surface area contributed by atoms with Crippen LogP contribution in [0.25, 0.3) is 0 Å². The third-order valence-corrected chi connectivity index (χ3v) is 4.86. The number of benzene rings is 1. The van der Waals surface area contributed by atoms with Gasteiger partial charge in [0.25, 0.3) is 5.91 Å². The third-order valence-electron chi connectivity index (χ3n) is 4.86. The number of amides is 2. The van der Waals surface area contributed by atoms with E-state index in [-0.39, 0.29) is 30.5 Å². The van der Waals surface area contributed by atoms with Gasteiger partial charge in [-0.15, -0.1) is 0 Å². The molecule has 2 unspecified atom stereocenters. The van der Waals surface area contributed by atoms with E-state index in [1.54, 1.807) is 19.1 Å². The Kier molecular flexibility index (Phi) is 7.30. The molecule has 2 rings (SSSR count). The first kappa shape index (κ1) is 20.1. The van der Waals surface area contributed by atoms with E-state index in [1.165, 1.54) is 0 Å². The van der Waals surface area contributed by atoms with Gasteiger partial charge in [-0.2, -0.15) is 0 Å². The molecule has 26 heavy (non-hydrogen) atoms. The molecular weight excluding hydrogens is 332 g/mol. The molecule has 0 aromatic heterocycles. The first-order chi connectivity index (χ1) is 12.5. The highest BCUT2D eigenvalue weighted by atomic mass is 16.5. The minimum Gasteiger partial charge on any atom is -0.494 e. The van der Waals surface area contributed by atoms with Crippen LogP contribution in [0.5, 0.6) is 11.5 Å². The van der Waals surface area contributed by atoms with E-state index in [2.05, 4.69) is 0 Å². The van der Waals surface area contributed by atoms with Crippen molar-refractivity contribution in [1.29, 1.82) is 0 Å². The lowest BCUT2D eigenvalue weighted by molar-refractivity contribution is -0.147. The Balaban J connectivity index is 1.97. The van der Waals surface area contributed by atoms with Gasteiger partial charge in [-0.3, -0.25) is 9.59 Å². The van der Waals surface area contributed by atoms with E-state index in [9.17, 15) is 9.59 Å². The van der Waals surface area contributed by atoms with Crippen LogP contribution in [0.4, 0.5) is 0 Å². The van der Waals surface area contributed by atoms with Gasteiger partial charge in [0.2, 0.25) is 5.91 Å². The van der Waals surface area contributed by atoms with E-state index in [1.807, 2.05) is 42.7 Å².